The van der Waals surface area contributed by atoms with E-state index in [1.165, 1.54) is 4.57 Å². The van der Waals surface area contributed by atoms with E-state index < -0.39 is 6.04 Å². The third-order valence-electron chi connectivity index (χ3n) is 3.92. The zero-order valence-corrected chi connectivity index (χ0v) is 12.5. The van der Waals surface area contributed by atoms with Crippen molar-refractivity contribution in [1.29, 1.82) is 0 Å². The maximum atomic E-state index is 12.7. The number of rotatable bonds is 1. The Labute approximate surface area is 127 Å². The Morgan fingerprint density at radius 1 is 1.38 bits per heavy atom. The summed E-state index contributed by atoms with van der Waals surface area (Å²) in [6.07, 6.45) is 1.72. The second kappa shape index (κ2) is 5.11. The van der Waals surface area contributed by atoms with Crippen molar-refractivity contribution >= 4 is 28.3 Å². The molecule has 21 heavy (non-hydrogen) atoms. The number of ketones is 1. The monoisotopic (exact) mass is 302 g/mol. The van der Waals surface area contributed by atoms with E-state index in [-0.39, 0.29) is 11.3 Å². The Kier molecular flexibility index (Phi) is 3.41. The number of aryl methyl sites for hydroxylation is 1. The normalized spacial score (nSPS) is 19.2. The summed E-state index contributed by atoms with van der Waals surface area (Å²) in [5.41, 5.74) is 1.32. The molecule has 0 saturated heterocycles. The molecule has 0 radical (unpaired) electrons. The molecule has 1 fully saturated rings. The zero-order valence-electron chi connectivity index (χ0n) is 11.7. The molecule has 1 aromatic heterocycles. The van der Waals surface area contributed by atoms with Crippen LogP contribution in [0.1, 0.15) is 31.1 Å². The Hall–Kier alpha value is -1.94. The number of hydrogen-bond donors (Lipinski definition) is 0. The van der Waals surface area contributed by atoms with Crippen LogP contribution in [-0.4, -0.2) is 15.3 Å². The van der Waals surface area contributed by atoms with Crippen molar-refractivity contribution in [2.24, 2.45) is 0 Å². The fourth-order valence-corrected chi connectivity index (χ4v) is 3.04. The number of benzene rings is 1. The Morgan fingerprint density at radius 2 is 2.14 bits per heavy atom. The van der Waals surface area contributed by atoms with Crippen LogP contribution in [0.2, 0.25) is 5.02 Å². The first-order valence-electron chi connectivity index (χ1n) is 6.85. The summed E-state index contributed by atoms with van der Waals surface area (Å²) in [7, 11) is 0. The van der Waals surface area contributed by atoms with Crippen LogP contribution in [0.15, 0.2) is 35.1 Å². The lowest BCUT2D eigenvalue weighted by Crippen LogP contribution is -2.34. The molecule has 1 aliphatic rings. The van der Waals surface area contributed by atoms with Gasteiger partial charge in [0, 0.05) is 11.4 Å². The lowest BCUT2D eigenvalue weighted by Gasteiger charge is -2.25. The summed E-state index contributed by atoms with van der Waals surface area (Å²) in [6.45, 7) is 5.61. The van der Waals surface area contributed by atoms with Gasteiger partial charge in [-0.1, -0.05) is 23.8 Å². The minimum Gasteiger partial charge on any atom is -0.297 e. The van der Waals surface area contributed by atoms with Gasteiger partial charge in [-0.15, -0.1) is 0 Å². The summed E-state index contributed by atoms with van der Waals surface area (Å²) in [6, 6.07) is 4.56. The first kappa shape index (κ1) is 14.0. The SMILES string of the molecule is C=C1CCC(n2c(C)nc3cc(Cl)ccc3c2=O)C(=O)C1. The molecule has 1 heterocycles. The number of allylic oxidation sites excluding steroid dienone is 1. The molecule has 0 N–H and O–H groups in total. The second-order valence-corrected chi connectivity index (χ2v) is 5.88. The Balaban J connectivity index is 2.19. The molecule has 4 nitrogen and oxygen atoms in total. The zero-order chi connectivity index (χ0) is 15.1. The molecule has 1 atom stereocenters. The number of nitrogens with zero attached hydrogens (tertiary/aromatic N) is 2. The van der Waals surface area contributed by atoms with Crippen LogP contribution in [-0.2, 0) is 4.79 Å². The topological polar surface area (TPSA) is 52.0 Å². The van der Waals surface area contributed by atoms with Gasteiger partial charge < -0.3 is 0 Å². The summed E-state index contributed by atoms with van der Waals surface area (Å²) < 4.78 is 1.52. The van der Waals surface area contributed by atoms with E-state index >= 15 is 0 Å². The number of halogens is 1. The number of aromatic nitrogens is 2. The van der Waals surface area contributed by atoms with E-state index in [0.717, 1.165) is 12.0 Å². The molecule has 1 unspecified atom stereocenters. The molecule has 1 aliphatic carbocycles. The van der Waals surface area contributed by atoms with Gasteiger partial charge in [0.15, 0.2) is 5.78 Å². The average Bonchev–Trinajstić information content (AvgIpc) is 2.40. The fraction of sp³-hybridized carbons (Fsp3) is 0.312. The predicted molar refractivity (Wildman–Crippen MR) is 82.8 cm³/mol. The number of carbonyl (C=O) groups excluding carboxylic acids is 1. The van der Waals surface area contributed by atoms with E-state index in [0.29, 0.717) is 34.6 Å². The predicted octanol–water partition coefficient (Wildman–Crippen LogP) is 3.21. The quantitative estimate of drug-likeness (QED) is 0.760. The van der Waals surface area contributed by atoms with Crippen molar-refractivity contribution in [3.8, 4) is 0 Å². The van der Waals surface area contributed by atoms with Crippen LogP contribution in [0, 0.1) is 6.92 Å². The summed E-state index contributed by atoms with van der Waals surface area (Å²) in [4.78, 5) is 29.4. The fourth-order valence-electron chi connectivity index (χ4n) is 2.88. The number of carbonyl (C=O) groups is 1. The van der Waals surface area contributed by atoms with Gasteiger partial charge in [-0.2, -0.15) is 0 Å². The molecule has 108 valence electrons. The van der Waals surface area contributed by atoms with Crippen LogP contribution in [0.3, 0.4) is 0 Å². The van der Waals surface area contributed by atoms with Gasteiger partial charge in [-0.25, -0.2) is 4.98 Å². The van der Waals surface area contributed by atoms with E-state index in [9.17, 15) is 9.59 Å². The Morgan fingerprint density at radius 3 is 2.86 bits per heavy atom. The highest BCUT2D eigenvalue weighted by molar-refractivity contribution is 6.31. The van der Waals surface area contributed by atoms with Gasteiger partial charge in [0.1, 0.15) is 5.82 Å². The summed E-state index contributed by atoms with van der Waals surface area (Å²) in [5, 5.41) is 1.03. The molecule has 2 aromatic rings. The molecule has 0 amide bonds. The van der Waals surface area contributed by atoms with Crippen molar-refractivity contribution in [3.05, 3.63) is 51.6 Å². The molecule has 0 spiro atoms. The highest BCUT2D eigenvalue weighted by Gasteiger charge is 2.28. The molecule has 0 aliphatic heterocycles. The lowest BCUT2D eigenvalue weighted by molar-refractivity contribution is -0.122. The minimum atomic E-state index is -0.435. The van der Waals surface area contributed by atoms with Crippen LogP contribution < -0.4 is 5.56 Å². The van der Waals surface area contributed by atoms with Crippen molar-refractivity contribution in [2.45, 2.75) is 32.2 Å². The standard InChI is InChI=1S/C16H15ClN2O2/c1-9-3-6-14(15(20)7-9)19-10(2)18-13-8-11(17)4-5-12(13)16(19)21/h4-5,8,14H,1,3,6-7H2,2H3. The average molecular weight is 303 g/mol. The second-order valence-electron chi connectivity index (χ2n) is 5.44. The van der Waals surface area contributed by atoms with E-state index in [1.807, 2.05) is 0 Å². The van der Waals surface area contributed by atoms with Crippen LogP contribution in [0.4, 0.5) is 0 Å². The highest BCUT2D eigenvalue weighted by Crippen LogP contribution is 2.28. The highest BCUT2D eigenvalue weighted by atomic mass is 35.5. The number of hydrogen-bond acceptors (Lipinski definition) is 3. The summed E-state index contributed by atoms with van der Waals surface area (Å²) in [5.74, 6) is 0.576. The maximum absolute atomic E-state index is 12.7. The van der Waals surface area contributed by atoms with Crippen molar-refractivity contribution < 1.29 is 4.79 Å². The van der Waals surface area contributed by atoms with Crippen LogP contribution >= 0.6 is 11.6 Å². The Bertz CT molecular complexity index is 823. The van der Waals surface area contributed by atoms with Gasteiger partial charge >= 0.3 is 0 Å². The van der Waals surface area contributed by atoms with Crippen molar-refractivity contribution in [2.75, 3.05) is 0 Å². The summed E-state index contributed by atoms with van der Waals surface area (Å²) >= 11 is 5.94. The lowest BCUT2D eigenvalue weighted by atomic mass is 9.90. The molecular weight excluding hydrogens is 288 g/mol. The largest absolute Gasteiger partial charge is 0.297 e. The molecule has 1 saturated carbocycles. The minimum absolute atomic E-state index is 0.0339. The van der Waals surface area contributed by atoms with Gasteiger partial charge in [0.05, 0.1) is 16.9 Å². The molecule has 5 heteroatoms. The van der Waals surface area contributed by atoms with Crippen molar-refractivity contribution in [3.63, 3.8) is 0 Å². The first-order chi connectivity index (χ1) is 9.97. The van der Waals surface area contributed by atoms with Crippen molar-refractivity contribution in [1.82, 2.24) is 9.55 Å². The van der Waals surface area contributed by atoms with Gasteiger partial charge in [-0.3, -0.25) is 14.2 Å². The van der Waals surface area contributed by atoms with E-state index in [4.69, 9.17) is 11.6 Å². The third kappa shape index (κ3) is 2.40. The smallest absolute Gasteiger partial charge is 0.262 e. The molecular formula is C16H15ClN2O2. The maximum Gasteiger partial charge on any atom is 0.262 e. The van der Waals surface area contributed by atoms with Crippen LogP contribution in [0.5, 0.6) is 0 Å². The molecule has 1 aromatic carbocycles. The third-order valence-corrected chi connectivity index (χ3v) is 4.15. The van der Waals surface area contributed by atoms with Gasteiger partial charge in [0.2, 0.25) is 0 Å². The van der Waals surface area contributed by atoms with E-state index in [2.05, 4.69) is 11.6 Å². The van der Waals surface area contributed by atoms with Crippen LogP contribution in [0.25, 0.3) is 10.9 Å². The number of fused-ring (bicyclic) bond motifs is 1. The van der Waals surface area contributed by atoms with E-state index in [1.54, 1.807) is 25.1 Å². The number of Topliss-reactive ketones (excluding diaryl/α,β-unsaturated/α-hetero) is 1. The molecule has 0 bridgehead atoms. The molecule has 3 rings (SSSR count). The van der Waals surface area contributed by atoms with Gasteiger partial charge in [-0.05, 0) is 38.0 Å². The van der Waals surface area contributed by atoms with Gasteiger partial charge in [0.25, 0.3) is 5.56 Å². The first-order valence-corrected chi connectivity index (χ1v) is 7.23.